The molecule has 3 nitrogen and oxygen atoms in total. The minimum Gasteiger partial charge on any atom is -0.380 e. The fraction of sp³-hybridized carbons (Fsp3) is 0.462. The number of hydrogen-bond acceptors (Lipinski definition) is 2. The van der Waals surface area contributed by atoms with Crippen LogP contribution in [0.4, 0.5) is 0 Å². The van der Waals surface area contributed by atoms with Crippen molar-refractivity contribution in [1.29, 1.82) is 0 Å². The minimum absolute atomic E-state index is 0.0165. The maximum atomic E-state index is 11.5. The molecule has 1 atom stereocenters. The first-order valence-electron chi connectivity index (χ1n) is 5.57. The van der Waals surface area contributed by atoms with E-state index in [-0.39, 0.29) is 11.8 Å². The van der Waals surface area contributed by atoms with Gasteiger partial charge in [0.15, 0.2) is 0 Å². The Hall–Kier alpha value is -1.06. The predicted octanol–water partition coefficient (Wildman–Crippen LogP) is 2.32. The highest BCUT2D eigenvalue weighted by Gasteiger charge is 2.10. The average molecular weight is 256 g/mol. The summed E-state index contributed by atoms with van der Waals surface area (Å²) in [5.41, 5.74) is 2.17. The summed E-state index contributed by atoms with van der Waals surface area (Å²) in [5, 5.41) is 2.85. The standard InChI is InChI=1S/C13H18ClNO2/c1-10(7-14)13(16)15-8-11-4-3-5-12(6-11)9-17-2/h3-6,10H,7-9H2,1-2H3,(H,15,16). The number of ether oxygens (including phenoxy) is 1. The molecule has 4 heteroatoms. The van der Waals surface area contributed by atoms with Crippen LogP contribution in [0.15, 0.2) is 24.3 Å². The third kappa shape index (κ3) is 4.75. The third-order valence-electron chi connectivity index (χ3n) is 2.45. The molecule has 0 aliphatic rings. The van der Waals surface area contributed by atoms with Gasteiger partial charge < -0.3 is 10.1 Å². The molecule has 0 saturated heterocycles. The Morgan fingerprint density at radius 1 is 1.47 bits per heavy atom. The van der Waals surface area contributed by atoms with E-state index in [1.165, 1.54) is 0 Å². The lowest BCUT2D eigenvalue weighted by molar-refractivity contribution is -0.124. The Kier molecular flexibility index (Phi) is 6.01. The first-order chi connectivity index (χ1) is 8.17. The maximum Gasteiger partial charge on any atom is 0.224 e. The molecule has 94 valence electrons. The first kappa shape index (κ1) is 14.0. The zero-order valence-electron chi connectivity index (χ0n) is 10.2. The van der Waals surface area contributed by atoms with E-state index in [0.29, 0.717) is 19.0 Å². The van der Waals surface area contributed by atoms with Crippen LogP contribution in [0, 0.1) is 5.92 Å². The van der Waals surface area contributed by atoms with Crippen LogP contribution < -0.4 is 5.32 Å². The fourth-order valence-corrected chi connectivity index (χ4v) is 1.57. The smallest absolute Gasteiger partial charge is 0.224 e. The summed E-state index contributed by atoms with van der Waals surface area (Å²) in [6.07, 6.45) is 0. The fourth-order valence-electron chi connectivity index (χ4n) is 1.43. The molecular weight excluding hydrogens is 238 g/mol. The van der Waals surface area contributed by atoms with Crippen molar-refractivity contribution in [3.63, 3.8) is 0 Å². The SMILES string of the molecule is COCc1cccc(CNC(=O)C(C)CCl)c1. The van der Waals surface area contributed by atoms with Crippen LogP contribution in [0.2, 0.25) is 0 Å². The summed E-state index contributed by atoms with van der Waals surface area (Å²) >= 11 is 5.62. The Balaban J connectivity index is 2.51. The lowest BCUT2D eigenvalue weighted by Crippen LogP contribution is -2.29. The number of carbonyl (C=O) groups is 1. The summed E-state index contributed by atoms with van der Waals surface area (Å²) in [4.78, 5) is 11.5. The van der Waals surface area contributed by atoms with Crippen molar-refractivity contribution >= 4 is 17.5 Å². The topological polar surface area (TPSA) is 38.3 Å². The lowest BCUT2D eigenvalue weighted by Gasteiger charge is -2.10. The zero-order chi connectivity index (χ0) is 12.7. The first-order valence-corrected chi connectivity index (χ1v) is 6.11. The van der Waals surface area contributed by atoms with Crippen LogP contribution in [-0.2, 0) is 22.7 Å². The van der Waals surface area contributed by atoms with Gasteiger partial charge in [0.25, 0.3) is 0 Å². The van der Waals surface area contributed by atoms with Gasteiger partial charge in [-0.25, -0.2) is 0 Å². The van der Waals surface area contributed by atoms with Gasteiger partial charge in [-0.15, -0.1) is 11.6 Å². The van der Waals surface area contributed by atoms with Crippen molar-refractivity contribution in [2.75, 3.05) is 13.0 Å². The monoisotopic (exact) mass is 255 g/mol. The van der Waals surface area contributed by atoms with E-state index in [9.17, 15) is 4.79 Å². The van der Waals surface area contributed by atoms with Crippen LogP contribution in [0.1, 0.15) is 18.1 Å². The highest BCUT2D eigenvalue weighted by Crippen LogP contribution is 2.07. The third-order valence-corrected chi connectivity index (χ3v) is 2.91. The molecule has 1 unspecified atom stereocenters. The van der Waals surface area contributed by atoms with Crippen LogP contribution >= 0.6 is 11.6 Å². The van der Waals surface area contributed by atoms with Crippen molar-refractivity contribution in [1.82, 2.24) is 5.32 Å². The summed E-state index contributed by atoms with van der Waals surface area (Å²) < 4.78 is 5.06. The normalized spacial score (nSPS) is 12.2. The molecular formula is C13H18ClNO2. The maximum absolute atomic E-state index is 11.5. The molecule has 0 aromatic heterocycles. The Morgan fingerprint density at radius 3 is 2.82 bits per heavy atom. The molecule has 1 aromatic rings. The number of halogens is 1. The molecule has 1 amide bonds. The molecule has 0 radical (unpaired) electrons. The number of nitrogens with one attached hydrogen (secondary N) is 1. The van der Waals surface area contributed by atoms with E-state index in [1.54, 1.807) is 7.11 Å². The number of alkyl halides is 1. The van der Waals surface area contributed by atoms with Gasteiger partial charge in [0, 0.05) is 25.5 Å². The molecule has 1 N–H and O–H groups in total. The van der Waals surface area contributed by atoms with Crippen LogP contribution in [-0.4, -0.2) is 18.9 Å². The average Bonchev–Trinajstić information content (AvgIpc) is 2.36. The van der Waals surface area contributed by atoms with E-state index in [0.717, 1.165) is 11.1 Å². The molecule has 0 spiro atoms. The minimum atomic E-state index is -0.154. The quantitative estimate of drug-likeness (QED) is 0.793. The molecule has 0 aliphatic heterocycles. The van der Waals surface area contributed by atoms with Crippen LogP contribution in [0.3, 0.4) is 0 Å². The van der Waals surface area contributed by atoms with E-state index >= 15 is 0 Å². The Morgan fingerprint density at radius 2 is 2.18 bits per heavy atom. The number of benzene rings is 1. The van der Waals surface area contributed by atoms with E-state index in [2.05, 4.69) is 5.32 Å². The lowest BCUT2D eigenvalue weighted by atomic mass is 10.1. The highest BCUT2D eigenvalue weighted by molar-refractivity contribution is 6.19. The van der Waals surface area contributed by atoms with Crippen LogP contribution in [0.25, 0.3) is 0 Å². The van der Waals surface area contributed by atoms with Crippen molar-refractivity contribution in [3.05, 3.63) is 35.4 Å². The molecule has 0 saturated carbocycles. The molecule has 17 heavy (non-hydrogen) atoms. The number of rotatable bonds is 6. The molecule has 1 aromatic carbocycles. The van der Waals surface area contributed by atoms with Gasteiger partial charge in [-0.2, -0.15) is 0 Å². The van der Waals surface area contributed by atoms with Gasteiger partial charge in [0.1, 0.15) is 0 Å². The van der Waals surface area contributed by atoms with Crippen molar-refractivity contribution < 1.29 is 9.53 Å². The molecule has 1 rings (SSSR count). The second-order valence-electron chi connectivity index (χ2n) is 4.03. The van der Waals surface area contributed by atoms with Gasteiger partial charge in [-0.05, 0) is 11.1 Å². The van der Waals surface area contributed by atoms with Crippen molar-refractivity contribution in [2.24, 2.45) is 5.92 Å². The van der Waals surface area contributed by atoms with Gasteiger partial charge in [-0.3, -0.25) is 4.79 Å². The van der Waals surface area contributed by atoms with Crippen molar-refractivity contribution in [3.8, 4) is 0 Å². The van der Waals surface area contributed by atoms with E-state index in [1.807, 2.05) is 31.2 Å². The van der Waals surface area contributed by atoms with Gasteiger partial charge in [-0.1, -0.05) is 31.2 Å². The molecule has 0 bridgehead atoms. The summed E-state index contributed by atoms with van der Waals surface area (Å²) in [5.74, 6) is 0.172. The van der Waals surface area contributed by atoms with E-state index in [4.69, 9.17) is 16.3 Å². The predicted molar refractivity (Wildman–Crippen MR) is 68.9 cm³/mol. The van der Waals surface area contributed by atoms with Gasteiger partial charge in [0.05, 0.1) is 6.61 Å². The number of hydrogen-bond donors (Lipinski definition) is 1. The largest absolute Gasteiger partial charge is 0.380 e. The van der Waals surface area contributed by atoms with Gasteiger partial charge in [0.2, 0.25) is 5.91 Å². The van der Waals surface area contributed by atoms with Crippen LogP contribution in [0.5, 0.6) is 0 Å². The second-order valence-corrected chi connectivity index (χ2v) is 4.33. The second kappa shape index (κ2) is 7.30. The number of carbonyl (C=O) groups excluding carboxylic acids is 1. The molecule has 0 aliphatic carbocycles. The highest BCUT2D eigenvalue weighted by atomic mass is 35.5. The molecule has 0 heterocycles. The summed E-state index contributed by atoms with van der Waals surface area (Å²) in [7, 11) is 1.66. The van der Waals surface area contributed by atoms with Gasteiger partial charge >= 0.3 is 0 Å². The number of methoxy groups -OCH3 is 1. The number of amides is 1. The molecule has 0 fully saturated rings. The summed E-state index contributed by atoms with van der Waals surface area (Å²) in [6.45, 7) is 2.92. The summed E-state index contributed by atoms with van der Waals surface area (Å²) in [6, 6.07) is 7.96. The zero-order valence-corrected chi connectivity index (χ0v) is 11.0. The Bertz CT molecular complexity index is 368. The van der Waals surface area contributed by atoms with E-state index < -0.39 is 0 Å². The Labute approximate surface area is 107 Å². The van der Waals surface area contributed by atoms with Crippen molar-refractivity contribution in [2.45, 2.75) is 20.1 Å².